The van der Waals surface area contributed by atoms with Crippen molar-refractivity contribution in [3.8, 4) is 0 Å². The molecule has 102 valence electrons. The summed E-state index contributed by atoms with van der Waals surface area (Å²) in [5.41, 5.74) is -0.199. The van der Waals surface area contributed by atoms with Crippen LogP contribution in [0.2, 0.25) is 5.02 Å². The Hall–Kier alpha value is -2.47. The number of carbonyl (C=O) groups is 2. The zero-order chi connectivity index (χ0) is 14.7. The fourth-order valence-electron chi connectivity index (χ4n) is 1.52. The Morgan fingerprint density at radius 3 is 2.65 bits per heavy atom. The molecule has 0 aliphatic carbocycles. The van der Waals surface area contributed by atoms with Crippen LogP contribution in [-0.2, 0) is 0 Å². The van der Waals surface area contributed by atoms with Gasteiger partial charge in [-0.2, -0.15) is 4.39 Å². The molecule has 7 heteroatoms. The molecule has 0 saturated carbocycles. The lowest BCUT2D eigenvalue weighted by atomic mass is 10.2. The van der Waals surface area contributed by atoms with E-state index in [0.29, 0.717) is 0 Å². The molecule has 1 heterocycles. The highest BCUT2D eigenvalue weighted by Gasteiger charge is 2.14. The summed E-state index contributed by atoms with van der Waals surface area (Å²) < 4.78 is 13.3. The minimum absolute atomic E-state index is 0.0445. The summed E-state index contributed by atoms with van der Waals surface area (Å²) in [5, 5.41) is 11.3. The van der Waals surface area contributed by atoms with Gasteiger partial charge in [-0.3, -0.25) is 4.79 Å². The molecule has 0 spiro atoms. The summed E-state index contributed by atoms with van der Waals surface area (Å²) in [6.45, 7) is 0. The fourth-order valence-corrected chi connectivity index (χ4v) is 1.72. The third kappa shape index (κ3) is 2.92. The summed E-state index contributed by atoms with van der Waals surface area (Å²) in [6, 6.07) is 6.63. The highest BCUT2D eigenvalue weighted by Crippen LogP contribution is 2.21. The molecule has 0 unspecified atom stereocenters. The van der Waals surface area contributed by atoms with Crippen LogP contribution >= 0.6 is 11.6 Å². The van der Waals surface area contributed by atoms with E-state index in [1.165, 1.54) is 36.5 Å². The van der Waals surface area contributed by atoms with Gasteiger partial charge in [0.05, 0.1) is 16.1 Å². The summed E-state index contributed by atoms with van der Waals surface area (Å²) in [5.74, 6) is -2.86. The van der Waals surface area contributed by atoms with Gasteiger partial charge in [0.15, 0.2) is 0 Å². The first-order chi connectivity index (χ1) is 9.49. The van der Waals surface area contributed by atoms with Gasteiger partial charge in [-0.25, -0.2) is 9.78 Å². The van der Waals surface area contributed by atoms with E-state index in [2.05, 4.69) is 10.3 Å². The van der Waals surface area contributed by atoms with Gasteiger partial charge in [0.2, 0.25) is 5.95 Å². The molecule has 0 bridgehead atoms. The Balaban J connectivity index is 2.27. The van der Waals surface area contributed by atoms with Gasteiger partial charge in [-0.15, -0.1) is 0 Å². The predicted octanol–water partition coefficient (Wildman–Crippen LogP) is 2.82. The first kappa shape index (κ1) is 14.0. The number of aromatic carboxylic acids is 1. The van der Waals surface area contributed by atoms with Crippen molar-refractivity contribution in [3.63, 3.8) is 0 Å². The van der Waals surface area contributed by atoms with Gasteiger partial charge in [0, 0.05) is 11.9 Å². The largest absolute Gasteiger partial charge is 0.478 e. The van der Waals surface area contributed by atoms with E-state index >= 15 is 0 Å². The Bertz CT molecular complexity index is 691. The molecule has 0 aliphatic rings. The van der Waals surface area contributed by atoms with Crippen LogP contribution in [0.25, 0.3) is 0 Å². The summed E-state index contributed by atoms with van der Waals surface area (Å²) >= 11 is 5.71. The molecule has 5 nitrogen and oxygen atoms in total. The molecule has 1 aromatic carbocycles. The van der Waals surface area contributed by atoms with Gasteiger partial charge in [-0.05, 0) is 30.3 Å². The normalized spacial score (nSPS) is 10.1. The lowest BCUT2D eigenvalue weighted by Gasteiger charge is -2.07. The number of hydrogen-bond acceptors (Lipinski definition) is 3. The molecule has 20 heavy (non-hydrogen) atoms. The van der Waals surface area contributed by atoms with Gasteiger partial charge < -0.3 is 10.4 Å². The van der Waals surface area contributed by atoms with Crippen molar-refractivity contribution in [2.24, 2.45) is 0 Å². The number of pyridine rings is 1. The smallest absolute Gasteiger partial charge is 0.337 e. The van der Waals surface area contributed by atoms with Crippen LogP contribution < -0.4 is 5.32 Å². The number of rotatable bonds is 3. The standard InChI is InChI=1S/C13H8ClFN2O3/c14-10-4-3-7(6-9(10)13(19)20)17-12(18)8-2-1-5-16-11(8)15/h1-6H,(H,17,18)(H,19,20). The second kappa shape index (κ2) is 5.66. The molecule has 0 atom stereocenters. The van der Waals surface area contributed by atoms with Crippen molar-refractivity contribution >= 4 is 29.2 Å². The summed E-state index contributed by atoms with van der Waals surface area (Å²) in [4.78, 5) is 26.1. The average Bonchev–Trinajstić information content (AvgIpc) is 2.41. The van der Waals surface area contributed by atoms with Crippen LogP contribution in [0.15, 0.2) is 36.5 Å². The van der Waals surface area contributed by atoms with Crippen molar-refractivity contribution < 1.29 is 19.1 Å². The minimum Gasteiger partial charge on any atom is -0.478 e. The molecule has 1 amide bonds. The lowest BCUT2D eigenvalue weighted by Crippen LogP contribution is -2.14. The number of amides is 1. The third-order valence-corrected chi connectivity index (χ3v) is 2.79. The van der Waals surface area contributed by atoms with Gasteiger partial charge >= 0.3 is 5.97 Å². The van der Waals surface area contributed by atoms with Crippen molar-refractivity contribution in [3.05, 3.63) is 58.6 Å². The van der Waals surface area contributed by atoms with Crippen molar-refractivity contribution in [1.29, 1.82) is 0 Å². The van der Waals surface area contributed by atoms with E-state index in [-0.39, 0.29) is 21.8 Å². The molecular weight excluding hydrogens is 287 g/mol. The minimum atomic E-state index is -1.22. The number of hydrogen-bond donors (Lipinski definition) is 2. The number of carbonyl (C=O) groups excluding carboxylic acids is 1. The van der Waals surface area contributed by atoms with Crippen LogP contribution in [0.5, 0.6) is 0 Å². The number of nitrogens with one attached hydrogen (secondary N) is 1. The average molecular weight is 295 g/mol. The van der Waals surface area contributed by atoms with Crippen molar-refractivity contribution in [2.45, 2.75) is 0 Å². The SMILES string of the molecule is O=C(O)c1cc(NC(=O)c2cccnc2F)ccc1Cl. The first-order valence-corrected chi connectivity index (χ1v) is 5.81. The zero-order valence-electron chi connectivity index (χ0n) is 9.93. The van der Waals surface area contributed by atoms with E-state index in [9.17, 15) is 14.0 Å². The molecule has 1 aromatic heterocycles. The highest BCUT2D eigenvalue weighted by molar-refractivity contribution is 6.33. The maximum absolute atomic E-state index is 13.3. The number of nitrogens with zero attached hydrogens (tertiary/aromatic N) is 1. The number of halogens is 2. The maximum Gasteiger partial charge on any atom is 0.337 e. The number of carboxylic acids is 1. The molecule has 2 aromatic rings. The molecule has 2 N–H and O–H groups in total. The number of carboxylic acid groups (broad SMARTS) is 1. The zero-order valence-corrected chi connectivity index (χ0v) is 10.7. The number of aromatic nitrogens is 1. The Labute approximate surface area is 118 Å². The van der Waals surface area contributed by atoms with Gasteiger partial charge in [0.1, 0.15) is 0 Å². The second-order valence-electron chi connectivity index (χ2n) is 3.80. The van der Waals surface area contributed by atoms with Gasteiger partial charge in [-0.1, -0.05) is 11.6 Å². The van der Waals surface area contributed by atoms with E-state index < -0.39 is 17.8 Å². The highest BCUT2D eigenvalue weighted by atomic mass is 35.5. The van der Waals surface area contributed by atoms with Crippen molar-refractivity contribution in [1.82, 2.24) is 4.98 Å². The summed E-state index contributed by atoms with van der Waals surface area (Å²) in [6.07, 6.45) is 1.22. The van der Waals surface area contributed by atoms with Crippen LogP contribution in [0, 0.1) is 5.95 Å². The quantitative estimate of drug-likeness (QED) is 0.853. The van der Waals surface area contributed by atoms with Gasteiger partial charge in [0.25, 0.3) is 5.91 Å². The monoisotopic (exact) mass is 294 g/mol. The van der Waals surface area contributed by atoms with E-state index in [1.807, 2.05) is 0 Å². The topological polar surface area (TPSA) is 79.3 Å². The number of benzene rings is 1. The van der Waals surface area contributed by atoms with Crippen molar-refractivity contribution in [2.75, 3.05) is 5.32 Å². The van der Waals surface area contributed by atoms with Crippen LogP contribution in [-0.4, -0.2) is 22.0 Å². The van der Waals surface area contributed by atoms with E-state index in [4.69, 9.17) is 16.7 Å². The Kier molecular flexibility index (Phi) is 3.95. The van der Waals surface area contributed by atoms with Crippen LogP contribution in [0.4, 0.5) is 10.1 Å². The Morgan fingerprint density at radius 1 is 1.25 bits per heavy atom. The first-order valence-electron chi connectivity index (χ1n) is 5.44. The molecule has 0 fully saturated rings. The molecule has 0 radical (unpaired) electrons. The maximum atomic E-state index is 13.3. The lowest BCUT2D eigenvalue weighted by molar-refractivity contribution is 0.0696. The summed E-state index contributed by atoms with van der Waals surface area (Å²) in [7, 11) is 0. The second-order valence-corrected chi connectivity index (χ2v) is 4.20. The van der Waals surface area contributed by atoms with Crippen LogP contribution in [0.1, 0.15) is 20.7 Å². The fraction of sp³-hybridized carbons (Fsp3) is 0. The van der Waals surface area contributed by atoms with Crippen LogP contribution in [0.3, 0.4) is 0 Å². The predicted molar refractivity (Wildman–Crippen MR) is 70.6 cm³/mol. The molecular formula is C13H8ClFN2O3. The molecule has 0 aliphatic heterocycles. The van der Waals surface area contributed by atoms with E-state index in [1.54, 1.807) is 0 Å². The number of anilines is 1. The molecule has 2 rings (SSSR count). The Morgan fingerprint density at radius 2 is 2.00 bits per heavy atom. The molecule has 0 saturated heterocycles. The van der Waals surface area contributed by atoms with E-state index in [0.717, 1.165) is 0 Å². The third-order valence-electron chi connectivity index (χ3n) is 2.46.